The third-order valence-corrected chi connectivity index (χ3v) is 4.64. The number of carbonyl (C=O) groups is 1. The van der Waals surface area contributed by atoms with Crippen molar-refractivity contribution < 1.29 is 9.90 Å². The molecule has 2 heterocycles. The highest BCUT2D eigenvalue weighted by Crippen LogP contribution is 2.23. The molecule has 0 bridgehead atoms. The first-order valence-corrected chi connectivity index (χ1v) is 7.54. The first kappa shape index (κ1) is 13.3. The maximum atomic E-state index is 10.8. The molecule has 0 aliphatic carbocycles. The monoisotopic (exact) mass is 281 g/mol. The number of rotatable bonds is 6. The molecule has 0 aromatic carbocycles. The zero-order valence-electron chi connectivity index (χ0n) is 10.1. The summed E-state index contributed by atoms with van der Waals surface area (Å²) < 4.78 is 0. The predicted molar refractivity (Wildman–Crippen MR) is 75.5 cm³/mol. The van der Waals surface area contributed by atoms with Crippen molar-refractivity contribution in [1.82, 2.24) is 5.32 Å². The quantitative estimate of drug-likeness (QED) is 0.848. The Balaban J connectivity index is 1.95. The van der Waals surface area contributed by atoms with Gasteiger partial charge in [-0.1, -0.05) is 13.0 Å². The minimum absolute atomic E-state index is 0.348. The Kier molecular flexibility index (Phi) is 4.52. The van der Waals surface area contributed by atoms with Gasteiger partial charge in [-0.15, -0.1) is 22.7 Å². The van der Waals surface area contributed by atoms with Crippen LogP contribution in [0.2, 0.25) is 0 Å². The summed E-state index contributed by atoms with van der Waals surface area (Å²) in [5.41, 5.74) is 0.376. The lowest BCUT2D eigenvalue weighted by Crippen LogP contribution is -2.18. The Morgan fingerprint density at radius 1 is 1.50 bits per heavy atom. The summed E-state index contributed by atoms with van der Waals surface area (Å²) in [5, 5.41) is 16.1. The Labute approximate surface area is 114 Å². The standard InChI is InChI=1S/C13H15NO2S2/c1-2-11(12-4-3-5-17-12)14-7-10-6-9(8-18-10)13(15)16/h3-6,8,11,14H,2,7H2,1H3,(H,15,16). The summed E-state index contributed by atoms with van der Waals surface area (Å²) in [4.78, 5) is 13.2. The molecule has 0 fully saturated rings. The molecular formula is C13H15NO2S2. The minimum Gasteiger partial charge on any atom is -0.478 e. The smallest absolute Gasteiger partial charge is 0.336 e. The van der Waals surface area contributed by atoms with Crippen molar-refractivity contribution in [3.63, 3.8) is 0 Å². The summed E-state index contributed by atoms with van der Waals surface area (Å²) in [7, 11) is 0. The van der Waals surface area contributed by atoms with E-state index in [2.05, 4.69) is 29.8 Å². The molecule has 0 aliphatic rings. The van der Waals surface area contributed by atoms with Crippen LogP contribution in [0.4, 0.5) is 0 Å². The van der Waals surface area contributed by atoms with Gasteiger partial charge in [-0.2, -0.15) is 0 Å². The summed E-state index contributed by atoms with van der Waals surface area (Å²) >= 11 is 3.24. The number of carboxylic acids is 1. The van der Waals surface area contributed by atoms with Crippen LogP contribution in [0.15, 0.2) is 29.0 Å². The van der Waals surface area contributed by atoms with Crippen LogP contribution in [0.25, 0.3) is 0 Å². The molecule has 0 amide bonds. The third kappa shape index (κ3) is 3.19. The topological polar surface area (TPSA) is 49.3 Å². The fourth-order valence-electron chi connectivity index (χ4n) is 1.74. The number of carboxylic acid groups (broad SMARTS) is 1. The molecule has 5 heteroatoms. The zero-order chi connectivity index (χ0) is 13.0. The lowest BCUT2D eigenvalue weighted by molar-refractivity contribution is 0.0697. The molecular weight excluding hydrogens is 266 g/mol. The zero-order valence-corrected chi connectivity index (χ0v) is 11.7. The van der Waals surface area contributed by atoms with E-state index in [1.54, 1.807) is 22.8 Å². The average molecular weight is 281 g/mol. The van der Waals surface area contributed by atoms with Crippen molar-refractivity contribution in [3.8, 4) is 0 Å². The molecule has 0 saturated carbocycles. The second kappa shape index (κ2) is 6.13. The first-order chi connectivity index (χ1) is 8.70. The number of thiophene rings is 2. The van der Waals surface area contributed by atoms with Crippen molar-refractivity contribution in [1.29, 1.82) is 0 Å². The van der Waals surface area contributed by atoms with E-state index in [-0.39, 0.29) is 0 Å². The van der Waals surface area contributed by atoms with Gasteiger partial charge in [0.1, 0.15) is 0 Å². The molecule has 96 valence electrons. The van der Waals surface area contributed by atoms with Crippen molar-refractivity contribution in [2.45, 2.75) is 25.9 Å². The molecule has 0 spiro atoms. The number of nitrogens with one attached hydrogen (secondary N) is 1. The number of hydrogen-bond acceptors (Lipinski definition) is 4. The lowest BCUT2D eigenvalue weighted by Gasteiger charge is -2.14. The predicted octanol–water partition coefficient (Wildman–Crippen LogP) is 3.75. The Hall–Kier alpha value is -1.17. The van der Waals surface area contributed by atoms with E-state index >= 15 is 0 Å². The van der Waals surface area contributed by atoms with E-state index in [9.17, 15) is 4.79 Å². The Morgan fingerprint density at radius 2 is 2.33 bits per heavy atom. The van der Waals surface area contributed by atoms with Crippen molar-refractivity contribution in [2.24, 2.45) is 0 Å². The van der Waals surface area contributed by atoms with Crippen molar-refractivity contribution in [2.75, 3.05) is 0 Å². The first-order valence-electron chi connectivity index (χ1n) is 5.78. The molecule has 0 radical (unpaired) electrons. The van der Waals surface area contributed by atoms with Gasteiger partial charge in [0.2, 0.25) is 0 Å². The molecule has 2 aromatic rings. The van der Waals surface area contributed by atoms with Gasteiger partial charge in [0, 0.05) is 27.7 Å². The van der Waals surface area contributed by atoms with Gasteiger partial charge in [-0.25, -0.2) is 4.79 Å². The van der Waals surface area contributed by atoms with Crippen LogP contribution in [0.3, 0.4) is 0 Å². The van der Waals surface area contributed by atoms with Gasteiger partial charge < -0.3 is 10.4 Å². The highest BCUT2D eigenvalue weighted by molar-refractivity contribution is 7.10. The second-order valence-corrected chi connectivity index (χ2v) is 5.94. The molecule has 2 N–H and O–H groups in total. The highest BCUT2D eigenvalue weighted by atomic mass is 32.1. The average Bonchev–Trinajstić information content (AvgIpc) is 3.00. The van der Waals surface area contributed by atoms with E-state index < -0.39 is 5.97 Å². The fraction of sp³-hybridized carbons (Fsp3) is 0.308. The van der Waals surface area contributed by atoms with E-state index in [0.29, 0.717) is 18.2 Å². The fourth-order valence-corrected chi connectivity index (χ4v) is 3.44. The largest absolute Gasteiger partial charge is 0.478 e. The SMILES string of the molecule is CCC(NCc1cc(C(=O)O)cs1)c1cccs1. The van der Waals surface area contributed by atoms with E-state index in [0.717, 1.165) is 11.3 Å². The van der Waals surface area contributed by atoms with E-state index in [4.69, 9.17) is 5.11 Å². The van der Waals surface area contributed by atoms with Gasteiger partial charge in [0.05, 0.1) is 5.56 Å². The van der Waals surface area contributed by atoms with Crippen LogP contribution in [0.1, 0.15) is 39.5 Å². The lowest BCUT2D eigenvalue weighted by atomic mass is 10.2. The van der Waals surface area contributed by atoms with Crippen LogP contribution >= 0.6 is 22.7 Å². The summed E-state index contributed by atoms with van der Waals surface area (Å²) in [6.45, 7) is 2.86. The Morgan fingerprint density at radius 3 is 2.89 bits per heavy atom. The van der Waals surface area contributed by atoms with Crippen LogP contribution in [0.5, 0.6) is 0 Å². The molecule has 18 heavy (non-hydrogen) atoms. The van der Waals surface area contributed by atoms with E-state index in [1.807, 2.05) is 0 Å². The van der Waals surface area contributed by atoms with Crippen LogP contribution in [-0.2, 0) is 6.54 Å². The maximum absolute atomic E-state index is 10.8. The maximum Gasteiger partial charge on any atom is 0.336 e. The Bertz CT molecular complexity index is 505. The molecule has 3 nitrogen and oxygen atoms in total. The normalized spacial score (nSPS) is 12.5. The van der Waals surface area contributed by atoms with Crippen molar-refractivity contribution in [3.05, 3.63) is 44.3 Å². The van der Waals surface area contributed by atoms with Gasteiger partial charge in [-0.05, 0) is 23.9 Å². The van der Waals surface area contributed by atoms with Crippen LogP contribution < -0.4 is 5.32 Å². The minimum atomic E-state index is -0.859. The van der Waals surface area contributed by atoms with Crippen LogP contribution in [-0.4, -0.2) is 11.1 Å². The van der Waals surface area contributed by atoms with E-state index in [1.165, 1.54) is 16.2 Å². The number of hydrogen-bond donors (Lipinski definition) is 2. The van der Waals surface area contributed by atoms with Crippen molar-refractivity contribution >= 4 is 28.6 Å². The third-order valence-electron chi connectivity index (χ3n) is 2.72. The summed E-state index contributed by atoms with van der Waals surface area (Å²) in [6.07, 6.45) is 1.03. The second-order valence-electron chi connectivity index (χ2n) is 3.96. The summed E-state index contributed by atoms with van der Waals surface area (Å²) in [5.74, 6) is -0.859. The summed E-state index contributed by atoms with van der Waals surface area (Å²) in [6, 6.07) is 6.27. The highest BCUT2D eigenvalue weighted by Gasteiger charge is 2.11. The van der Waals surface area contributed by atoms with Gasteiger partial charge >= 0.3 is 5.97 Å². The molecule has 1 atom stereocenters. The van der Waals surface area contributed by atoms with Gasteiger partial charge in [0.15, 0.2) is 0 Å². The molecule has 0 aliphatic heterocycles. The molecule has 2 rings (SSSR count). The molecule has 1 unspecified atom stereocenters. The van der Waals surface area contributed by atoms with Gasteiger partial charge in [-0.3, -0.25) is 0 Å². The van der Waals surface area contributed by atoms with Crippen LogP contribution in [0, 0.1) is 0 Å². The van der Waals surface area contributed by atoms with Gasteiger partial charge in [0.25, 0.3) is 0 Å². The molecule has 2 aromatic heterocycles. The molecule has 0 saturated heterocycles. The number of aromatic carboxylic acids is 1.